The first kappa shape index (κ1) is 14.6. The van der Waals surface area contributed by atoms with E-state index in [2.05, 4.69) is 37.4 Å². The molecule has 0 fully saturated rings. The summed E-state index contributed by atoms with van der Waals surface area (Å²) in [4.78, 5) is 14.1. The summed E-state index contributed by atoms with van der Waals surface area (Å²) in [6, 6.07) is 12.1. The van der Waals surface area contributed by atoms with Crippen molar-refractivity contribution in [3.05, 3.63) is 60.2 Å². The predicted molar refractivity (Wildman–Crippen MR) is 92.3 cm³/mol. The van der Waals surface area contributed by atoms with E-state index in [1.165, 1.54) is 0 Å². The largest absolute Gasteiger partial charge is 0.468 e. The second-order valence-corrected chi connectivity index (χ2v) is 8.07. The molecule has 1 aliphatic carbocycles. The van der Waals surface area contributed by atoms with E-state index in [-0.39, 0.29) is 22.4 Å². The molecule has 1 N–H and O–H groups in total. The van der Waals surface area contributed by atoms with E-state index in [0.717, 1.165) is 22.0 Å². The monoisotopic (exact) mass is 325 g/mol. The Morgan fingerprint density at radius 3 is 2.83 bits per heavy atom. The zero-order valence-electron chi connectivity index (χ0n) is 13.2. The maximum atomic E-state index is 12.9. The van der Waals surface area contributed by atoms with Gasteiger partial charge in [0.15, 0.2) is 0 Å². The Hall–Kier alpha value is -1.94. The lowest BCUT2D eigenvalue weighted by molar-refractivity contribution is -0.124. The van der Waals surface area contributed by atoms with Gasteiger partial charge in [-0.25, -0.2) is 0 Å². The molecule has 2 aromatic rings. The van der Waals surface area contributed by atoms with Crippen LogP contribution in [0.3, 0.4) is 0 Å². The van der Waals surface area contributed by atoms with Crippen LogP contribution in [-0.4, -0.2) is 5.78 Å². The van der Waals surface area contributed by atoms with Gasteiger partial charge >= 0.3 is 0 Å². The normalized spacial score (nSPS) is 25.7. The number of furan rings is 1. The molecule has 1 aromatic heterocycles. The van der Waals surface area contributed by atoms with Crippen molar-refractivity contribution < 1.29 is 9.21 Å². The van der Waals surface area contributed by atoms with Crippen molar-refractivity contribution in [2.45, 2.75) is 30.4 Å². The number of para-hydroxylation sites is 1. The van der Waals surface area contributed by atoms with E-state index >= 15 is 0 Å². The first-order valence-corrected chi connectivity index (χ1v) is 8.73. The van der Waals surface area contributed by atoms with Crippen LogP contribution in [-0.2, 0) is 4.79 Å². The number of Topliss-reactive ketones (excluding diaryl/α,β-unsaturated/α-hetero) is 1. The number of nitrogens with one attached hydrogen (secondary N) is 1. The molecule has 0 saturated carbocycles. The van der Waals surface area contributed by atoms with Crippen LogP contribution in [0.25, 0.3) is 0 Å². The number of allylic oxidation sites excluding steroid dienone is 2. The fraction of sp³-hybridized carbons (Fsp3) is 0.316. The molecule has 0 unspecified atom stereocenters. The number of anilines is 1. The maximum absolute atomic E-state index is 12.9. The Bertz CT molecular complexity index is 776. The molecule has 4 heteroatoms. The number of thioether (sulfide) groups is 1. The first-order valence-electron chi connectivity index (χ1n) is 7.85. The zero-order valence-corrected chi connectivity index (χ0v) is 14.0. The third-order valence-electron chi connectivity index (χ3n) is 4.40. The van der Waals surface area contributed by atoms with Crippen LogP contribution in [0, 0.1) is 11.3 Å². The summed E-state index contributed by atoms with van der Waals surface area (Å²) < 4.78 is 5.66. The lowest BCUT2D eigenvalue weighted by atomic mass is 9.74. The van der Waals surface area contributed by atoms with Crippen molar-refractivity contribution in [1.29, 1.82) is 0 Å². The number of hydrogen-bond acceptors (Lipinski definition) is 4. The van der Waals surface area contributed by atoms with E-state index in [1.54, 1.807) is 18.0 Å². The van der Waals surface area contributed by atoms with Gasteiger partial charge in [0.05, 0.1) is 23.1 Å². The molecule has 1 aliphatic heterocycles. The van der Waals surface area contributed by atoms with Crippen molar-refractivity contribution >= 4 is 23.2 Å². The van der Waals surface area contributed by atoms with Gasteiger partial charge in [-0.3, -0.25) is 4.79 Å². The van der Waals surface area contributed by atoms with Gasteiger partial charge in [0, 0.05) is 17.0 Å². The number of rotatable bonds is 1. The molecule has 2 heterocycles. The number of carbonyl (C=O) groups is 1. The molecular formula is C19H19NO2S. The Labute approximate surface area is 140 Å². The van der Waals surface area contributed by atoms with Gasteiger partial charge in [0.25, 0.3) is 0 Å². The zero-order chi connectivity index (χ0) is 16.0. The van der Waals surface area contributed by atoms with Gasteiger partial charge in [0.2, 0.25) is 0 Å². The molecule has 0 amide bonds. The smallest absolute Gasteiger partial charge is 0.144 e. The van der Waals surface area contributed by atoms with Crippen LogP contribution < -0.4 is 5.32 Å². The summed E-state index contributed by atoms with van der Waals surface area (Å²) >= 11 is 1.71. The summed E-state index contributed by atoms with van der Waals surface area (Å²) in [5, 5.41) is 3.49. The van der Waals surface area contributed by atoms with E-state index in [4.69, 9.17) is 4.42 Å². The summed E-state index contributed by atoms with van der Waals surface area (Å²) in [7, 11) is 0. The van der Waals surface area contributed by atoms with E-state index in [1.807, 2.05) is 24.3 Å². The SMILES string of the molecule is CC1(C)C=C2Nc3ccccc3S[C@H](c3ccco3)[C@H]2C(=O)C1. The minimum absolute atomic E-state index is 0.0315. The average molecular weight is 325 g/mol. The highest BCUT2D eigenvalue weighted by atomic mass is 32.2. The topological polar surface area (TPSA) is 42.2 Å². The van der Waals surface area contributed by atoms with Crippen molar-refractivity contribution in [1.82, 2.24) is 0 Å². The quantitative estimate of drug-likeness (QED) is 0.798. The minimum Gasteiger partial charge on any atom is -0.468 e. The minimum atomic E-state index is -0.188. The number of ketones is 1. The van der Waals surface area contributed by atoms with Crippen LogP contribution in [0.15, 0.2) is 63.7 Å². The third kappa shape index (κ3) is 2.61. The van der Waals surface area contributed by atoms with Crippen LogP contribution in [0.5, 0.6) is 0 Å². The fourth-order valence-corrected chi connectivity index (χ4v) is 4.81. The van der Waals surface area contributed by atoms with Gasteiger partial charge in [-0.05, 0) is 29.7 Å². The summed E-state index contributed by atoms with van der Waals surface area (Å²) in [5.74, 6) is 0.950. The highest BCUT2D eigenvalue weighted by Crippen LogP contribution is 2.52. The van der Waals surface area contributed by atoms with E-state index < -0.39 is 0 Å². The van der Waals surface area contributed by atoms with Crippen LogP contribution in [0.2, 0.25) is 0 Å². The third-order valence-corrected chi connectivity index (χ3v) is 5.77. The van der Waals surface area contributed by atoms with Crippen molar-refractivity contribution in [2.75, 3.05) is 5.32 Å². The van der Waals surface area contributed by atoms with Crippen molar-refractivity contribution in [2.24, 2.45) is 11.3 Å². The Balaban J connectivity index is 1.88. The number of carbonyl (C=O) groups excluding carboxylic acids is 1. The molecule has 23 heavy (non-hydrogen) atoms. The van der Waals surface area contributed by atoms with E-state index in [9.17, 15) is 4.79 Å². The standard InChI is InChI=1S/C19H19NO2S/c1-19(2)10-13-17(14(21)11-19)18(15-7-5-9-22-15)23-16-8-4-3-6-12(16)20-13/h3-10,17-18,20H,11H2,1-2H3/t17-,18-/m1/s1. The fourth-order valence-electron chi connectivity index (χ4n) is 3.45. The first-order chi connectivity index (χ1) is 11.0. The molecule has 1 aromatic carbocycles. The number of hydrogen-bond donors (Lipinski definition) is 1. The molecule has 0 spiro atoms. The lowest BCUT2D eigenvalue weighted by Gasteiger charge is -2.34. The Morgan fingerprint density at radius 1 is 1.22 bits per heavy atom. The summed E-state index contributed by atoms with van der Waals surface area (Å²) in [6.45, 7) is 4.23. The molecule has 4 rings (SSSR count). The molecule has 0 saturated heterocycles. The maximum Gasteiger partial charge on any atom is 0.144 e. The molecule has 118 valence electrons. The highest BCUT2D eigenvalue weighted by molar-refractivity contribution is 7.99. The molecule has 3 nitrogen and oxygen atoms in total. The van der Waals surface area contributed by atoms with Crippen LogP contribution in [0.4, 0.5) is 5.69 Å². The van der Waals surface area contributed by atoms with Crippen molar-refractivity contribution in [3.63, 3.8) is 0 Å². The number of fused-ring (bicyclic) bond motifs is 2. The van der Waals surface area contributed by atoms with Gasteiger partial charge in [-0.1, -0.05) is 32.1 Å². The molecule has 2 aliphatic rings. The Morgan fingerprint density at radius 2 is 2.04 bits per heavy atom. The van der Waals surface area contributed by atoms with Crippen LogP contribution in [0.1, 0.15) is 31.3 Å². The Kier molecular flexibility index (Phi) is 3.38. The molecule has 0 radical (unpaired) electrons. The molecular weight excluding hydrogens is 306 g/mol. The van der Waals surface area contributed by atoms with E-state index in [0.29, 0.717) is 6.42 Å². The number of benzene rings is 1. The predicted octanol–water partition coefficient (Wildman–Crippen LogP) is 5.04. The van der Waals surface area contributed by atoms with Crippen LogP contribution >= 0.6 is 11.8 Å². The second kappa shape index (κ2) is 5.31. The molecule has 2 atom stereocenters. The van der Waals surface area contributed by atoms with Gasteiger partial charge in [-0.2, -0.15) is 0 Å². The molecule has 0 bridgehead atoms. The van der Waals surface area contributed by atoms with Crippen molar-refractivity contribution in [3.8, 4) is 0 Å². The summed E-state index contributed by atoms with van der Waals surface area (Å²) in [6.07, 6.45) is 4.47. The lowest BCUT2D eigenvalue weighted by Crippen LogP contribution is -2.34. The average Bonchev–Trinajstić information content (AvgIpc) is 2.95. The van der Waals surface area contributed by atoms with Gasteiger partial charge < -0.3 is 9.73 Å². The van der Waals surface area contributed by atoms with Gasteiger partial charge in [0.1, 0.15) is 11.5 Å². The second-order valence-electron chi connectivity index (χ2n) is 6.88. The van der Waals surface area contributed by atoms with Gasteiger partial charge in [-0.15, -0.1) is 11.8 Å². The summed E-state index contributed by atoms with van der Waals surface area (Å²) in [5.41, 5.74) is 1.95. The highest BCUT2D eigenvalue weighted by Gasteiger charge is 2.43.